The molecule has 13 heavy (non-hydrogen) atoms. The molecule has 72 valence electrons. The second kappa shape index (κ2) is 2.80. The summed E-state index contributed by atoms with van der Waals surface area (Å²) in [5.41, 5.74) is -0.825. The van der Waals surface area contributed by atoms with Crippen molar-refractivity contribution in [1.29, 1.82) is 5.26 Å². The van der Waals surface area contributed by atoms with Gasteiger partial charge in [0.2, 0.25) is 11.6 Å². The van der Waals surface area contributed by atoms with Crippen LogP contribution < -0.4 is 0 Å². The van der Waals surface area contributed by atoms with Gasteiger partial charge in [0.25, 0.3) is 0 Å². The van der Waals surface area contributed by atoms with E-state index in [2.05, 4.69) is 6.07 Å². The van der Waals surface area contributed by atoms with Gasteiger partial charge in [0.15, 0.2) is 0 Å². The molecule has 0 amide bonds. The Labute approximate surface area is 79.3 Å². The van der Waals surface area contributed by atoms with Gasteiger partial charge in [-0.05, 0) is 13.8 Å². The molecule has 0 bridgehead atoms. The first-order valence-corrected chi connectivity index (χ1v) is 4.69. The van der Waals surface area contributed by atoms with Gasteiger partial charge in [0, 0.05) is 36.4 Å². The molecule has 1 atom stereocenters. The molecule has 1 aliphatic rings. The lowest BCUT2D eigenvalue weighted by Crippen LogP contribution is -2.39. The molecule has 1 rings (SSSR count). The molecule has 0 saturated carbocycles. The molecular formula is C10H17N2O+. The summed E-state index contributed by atoms with van der Waals surface area (Å²) in [6.07, 6.45) is 1.71. The predicted molar refractivity (Wildman–Crippen MR) is 50.1 cm³/mol. The maximum absolute atomic E-state index is 11.8. The van der Waals surface area contributed by atoms with E-state index in [1.165, 1.54) is 0 Å². The van der Waals surface area contributed by atoms with Gasteiger partial charge in [0.05, 0.1) is 6.07 Å². The van der Waals surface area contributed by atoms with Gasteiger partial charge in [-0.25, -0.2) is 0 Å². The van der Waals surface area contributed by atoms with E-state index in [9.17, 15) is 4.91 Å². The predicted octanol–water partition coefficient (Wildman–Crippen LogP) is 2.26. The Bertz CT molecular complexity index is 273. The van der Waals surface area contributed by atoms with E-state index >= 15 is 0 Å². The lowest BCUT2D eigenvalue weighted by Gasteiger charge is -2.17. The zero-order valence-electron chi connectivity index (χ0n) is 8.79. The summed E-state index contributed by atoms with van der Waals surface area (Å²) < 4.78 is 1.11. The highest BCUT2D eigenvalue weighted by atomic mass is 16.3. The standard InChI is InChI=1S/C10H17N2O/c1-9(2,7-11)8-5-6-10(3,4)12(8)13/h8H,5-6H2,1-4H3/q+1/t8-/m1/s1. The largest absolute Gasteiger partial charge is 0.220 e. The lowest BCUT2D eigenvalue weighted by molar-refractivity contribution is -0.638. The van der Waals surface area contributed by atoms with Crippen LogP contribution in [-0.4, -0.2) is 16.3 Å². The third-order valence-electron chi connectivity index (χ3n) is 3.03. The molecule has 3 heteroatoms. The van der Waals surface area contributed by atoms with Gasteiger partial charge in [-0.2, -0.15) is 5.26 Å². The van der Waals surface area contributed by atoms with Crippen LogP contribution in [0.1, 0.15) is 40.5 Å². The number of hydrogen-bond donors (Lipinski definition) is 0. The van der Waals surface area contributed by atoms with E-state index < -0.39 is 5.41 Å². The Morgan fingerprint density at radius 3 is 2.38 bits per heavy atom. The van der Waals surface area contributed by atoms with Gasteiger partial charge in [-0.3, -0.25) is 0 Å². The molecule has 1 fully saturated rings. The first-order valence-electron chi connectivity index (χ1n) is 4.69. The Morgan fingerprint density at radius 2 is 2.08 bits per heavy atom. The van der Waals surface area contributed by atoms with Gasteiger partial charge in [0.1, 0.15) is 5.41 Å². The van der Waals surface area contributed by atoms with Crippen molar-refractivity contribution in [2.75, 3.05) is 0 Å². The van der Waals surface area contributed by atoms with E-state index in [0.29, 0.717) is 0 Å². The highest BCUT2D eigenvalue weighted by Crippen LogP contribution is 2.37. The molecule has 0 radical (unpaired) electrons. The van der Waals surface area contributed by atoms with E-state index in [-0.39, 0.29) is 11.6 Å². The highest BCUT2D eigenvalue weighted by Gasteiger charge is 2.54. The number of rotatable bonds is 1. The molecule has 3 nitrogen and oxygen atoms in total. The second-order valence-corrected chi connectivity index (χ2v) is 5.03. The molecule has 1 aliphatic heterocycles. The van der Waals surface area contributed by atoms with Crippen LogP contribution in [0.25, 0.3) is 0 Å². The average Bonchev–Trinajstić information content (AvgIpc) is 2.28. The smallest absolute Gasteiger partial charge is 0.197 e. The Kier molecular flexibility index (Phi) is 2.19. The van der Waals surface area contributed by atoms with Crippen LogP contribution in [0, 0.1) is 21.7 Å². The van der Waals surface area contributed by atoms with E-state index in [4.69, 9.17) is 5.26 Å². The molecule has 0 spiro atoms. The van der Waals surface area contributed by atoms with Crippen molar-refractivity contribution in [2.45, 2.75) is 52.1 Å². The monoisotopic (exact) mass is 181 g/mol. The summed E-state index contributed by atoms with van der Waals surface area (Å²) >= 11 is 0. The maximum Gasteiger partial charge on any atom is 0.220 e. The third kappa shape index (κ3) is 1.58. The normalized spacial score (nSPS) is 27.3. The number of hydrogen-bond acceptors (Lipinski definition) is 2. The summed E-state index contributed by atoms with van der Waals surface area (Å²) in [6, 6.07) is 2.06. The summed E-state index contributed by atoms with van der Waals surface area (Å²) in [5, 5.41) is 8.93. The molecule has 0 unspecified atom stereocenters. The molecule has 0 N–H and O–H groups in total. The average molecular weight is 181 g/mol. The minimum Gasteiger partial charge on any atom is -0.197 e. The van der Waals surface area contributed by atoms with Crippen molar-refractivity contribution in [3.05, 3.63) is 4.91 Å². The molecule has 1 heterocycles. The molecule has 0 aromatic heterocycles. The van der Waals surface area contributed by atoms with Gasteiger partial charge >= 0.3 is 0 Å². The molecule has 1 saturated heterocycles. The summed E-state index contributed by atoms with van der Waals surface area (Å²) in [6.45, 7) is 7.55. The van der Waals surface area contributed by atoms with Crippen LogP contribution in [-0.2, 0) is 0 Å². The first-order chi connectivity index (χ1) is 5.81. The van der Waals surface area contributed by atoms with Gasteiger partial charge in [-0.15, -0.1) is 0 Å². The Morgan fingerprint density at radius 1 is 1.54 bits per heavy atom. The molecular weight excluding hydrogens is 164 g/mol. The maximum atomic E-state index is 11.8. The van der Waals surface area contributed by atoms with Crippen LogP contribution >= 0.6 is 0 Å². The van der Waals surface area contributed by atoms with Crippen LogP contribution in [0.5, 0.6) is 0 Å². The Balaban J connectivity index is 2.90. The van der Waals surface area contributed by atoms with Crippen LogP contribution in [0.2, 0.25) is 0 Å². The van der Waals surface area contributed by atoms with Crippen molar-refractivity contribution >= 4 is 0 Å². The molecule has 0 aromatic carbocycles. The van der Waals surface area contributed by atoms with E-state index in [1.54, 1.807) is 0 Å². The van der Waals surface area contributed by atoms with Crippen molar-refractivity contribution in [2.24, 2.45) is 5.41 Å². The number of nitroso groups, excluding NO2 is 1. The summed E-state index contributed by atoms with van der Waals surface area (Å²) in [4.78, 5) is 11.8. The minimum absolute atomic E-state index is 0.146. The summed E-state index contributed by atoms with van der Waals surface area (Å²) in [7, 11) is 0. The zero-order valence-corrected chi connectivity index (χ0v) is 8.79. The van der Waals surface area contributed by atoms with Crippen LogP contribution in [0.3, 0.4) is 0 Å². The second-order valence-electron chi connectivity index (χ2n) is 5.03. The zero-order chi connectivity index (χ0) is 10.3. The van der Waals surface area contributed by atoms with Crippen molar-refractivity contribution in [3.63, 3.8) is 0 Å². The van der Waals surface area contributed by atoms with Crippen LogP contribution in [0.15, 0.2) is 0 Å². The van der Waals surface area contributed by atoms with Crippen molar-refractivity contribution in [3.8, 4) is 6.07 Å². The number of nitriles is 1. The first kappa shape index (κ1) is 10.2. The fraction of sp³-hybridized carbons (Fsp3) is 0.900. The fourth-order valence-corrected chi connectivity index (χ4v) is 1.87. The van der Waals surface area contributed by atoms with E-state index in [1.807, 2.05) is 27.7 Å². The lowest BCUT2D eigenvalue weighted by atomic mass is 9.85. The van der Waals surface area contributed by atoms with Gasteiger partial charge < -0.3 is 0 Å². The summed E-state index contributed by atoms with van der Waals surface area (Å²) in [5.74, 6) is 0. The Hall–Kier alpha value is -0.910. The fourth-order valence-electron chi connectivity index (χ4n) is 1.87. The van der Waals surface area contributed by atoms with Gasteiger partial charge in [-0.1, -0.05) is 0 Å². The quantitative estimate of drug-likeness (QED) is 0.582. The topological polar surface area (TPSA) is 43.9 Å². The third-order valence-corrected chi connectivity index (χ3v) is 3.03. The highest BCUT2D eigenvalue weighted by molar-refractivity contribution is 5.00. The molecule has 0 aliphatic carbocycles. The minimum atomic E-state index is -0.532. The SMILES string of the molecule is CC(C)(C#N)[C@H]1CCC(C)(C)[N+]1=O. The van der Waals surface area contributed by atoms with Crippen molar-refractivity contribution < 1.29 is 4.76 Å². The van der Waals surface area contributed by atoms with E-state index in [0.717, 1.165) is 17.6 Å². The van der Waals surface area contributed by atoms with Crippen LogP contribution in [0.4, 0.5) is 0 Å². The van der Waals surface area contributed by atoms with Crippen molar-refractivity contribution in [1.82, 2.24) is 0 Å². The number of nitrogens with zero attached hydrogens (tertiary/aromatic N) is 2. The molecule has 0 aromatic rings.